The Morgan fingerprint density at radius 1 is 1.14 bits per heavy atom. The van der Waals surface area contributed by atoms with Gasteiger partial charge in [0, 0.05) is 24.7 Å². The first-order chi connectivity index (χ1) is 10.6. The number of piperidine rings is 1. The maximum Gasteiger partial charge on any atom is 0.161 e. The van der Waals surface area contributed by atoms with Crippen molar-refractivity contribution in [2.75, 3.05) is 34.4 Å². The molecule has 2 aromatic rings. The summed E-state index contributed by atoms with van der Waals surface area (Å²) in [7, 11) is 5.31. The predicted molar refractivity (Wildman–Crippen MR) is 85.5 cm³/mol. The smallest absolute Gasteiger partial charge is 0.161 e. The Morgan fingerprint density at radius 2 is 1.77 bits per heavy atom. The number of methoxy groups -OCH3 is 2. The fourth-order valence-corrected chi connectivity index (χ4v) is 3.10. The molecule has 3 rings (SSSR count). The van der Waals surface area contributed by atoms with E-state index in [0.29, 0.717) is 24.3 Å². The molecule has 1 aliphatic heterocycles. The van der Waals surface area contributed by atoms with Crippen molar-refractivity contribution < 1.29 is 14.6 Å². The second-order valence-electron chi connectivity index (χ2n) is 5.92. The highest BCUT2D eigenvalue weighted by Gasteiger charge is 2.35. The Morgan fingerprint density at radius 3 is 2.41 bits per heavy atom. The molecular formula is C17H22N2O3. The van der Waals surface area contributed by atoms with E-state index >= 15 is 0 Å². The normalized spacial score (nSPS) is 18.4. The number of pyridine rings is 1. The van der Waals surface area contributed by atoms with Gasteiger partial charge in [-0.15, -0.1) is 0 Å². The van der Waals surface area contributed by atoms with Gasteiger partial charge in [-0.1, -0.05) is 0 Å². The van der Waals surface area contributed by atoms with E-state index < -0.39 is 5.60 Å². The number of rotatable bonds is 3. The number of benzene rings is 1. The third-order valence-electron chi connectivity index (χ3n) is 4.52. The van der Waals surface area contributed by atoms with E-state index in [1.165, 1.54) is 0 Å². The molecule has 0 amide bonds. The van der Waals surface area contributed by atoms with E-state index in [0.717, 1.165) is 29.6 Å². The van der Waals surface area contributed by atoms with Crippen molar-refractivity contribution in [3.63, 3.8) is 0 Å². The standard InChI is InChI=1S/C17H22N2O3/c1-19-8-5-17(20,6-9-19)16-13-11-15(22-3)14(21-2)10-12(13)4-7-18-16/h4,7,10-11,20H,5-6,8-9H2,1-3H3. The minimum absolute atomic E-state index is 0.653. The van der Waals surface area contributed by atoms with Crippen LogP contribution in [0.1, 0.15) is 18.5 Å². The van der Waals surface area contributed by atoms with Crippen LogP contribution < -0.4 is 9.47 Å². The van der Waals surface area contributed by atoms with Crippen LogP contribution in [-0.2, 0) is 5.60 Å². The third kappa shape index (κ3) is 2.51. The predicted octanol–water partition coefficient (Wildman–Crippen LogP) is 2.17. The largest absolute Gasteiger partial charge is 0.493 e. The van der Waals surface area contributed by atoms with E-state index in [9.17, 15) is 5.11 Å². The molecule has 5 nitrogen and oxygen atoms in total. The Hall–Kier alpha value is -1.85. The summed E-state index contributed by atoms with van der Waals surface area (Å²) >= 11 is 0. The second kappa shape index (κ2) is 5.74. The first-order valence-electron chi connectivity index (χ1n) is 7.49. The van der Waals surface area contributed by atoms with Crippen LogP contribution in [0.3, 0.4) is 0 Å². The molecule has 0 saturated carbocycles. The van der Waals surface area contributed by atoms with Crippen LogP contribution in [0.5, 0.6) is 11.5 Å². The molecule has 1 aliphatic rings. The fourth-order valence-electron chi connectivity index (χ4n) is 3.10. The molecule has 1 N–H and O–H groups in total. The number of aromatic nitrogens is 1. The molecule has 0 atom stereocenters. The Labute approximate surface area is 130 Å². The van der Waals surface area contributed by atoms with E-state index in [1.807, 2.05) is 18.2 Å². The summed E-state index contributed by atoms with van der Waals surface area (Å²) in [5.41, 5.74) is -0.148. The maximum atomic E-state index is 11.1. The first kappa shape index (κ1) is 15.1. The highest BCUT2D eigenvalue weighted by Crippen LogP contribution is 2.39. The molecule has 0 spiro atoms. The summed E-state index contributed by atoms with van der Waals surface area (Å²) in [5.74, 6) is 1.34. The SMILES string of the molecule is COc1cc2ccnc(C3(O)CCN(C)CC3)c2cc1OC. The van der Waals surface area contributed by atoms with Gasteiger partial charge in [0.05, 0.1) is 19.9 Å². The Kier molecular flexibility index (Phi) is 3.93. The number of hydrogen-bond donors (Lipinski definition) is 1. The fraction of sp³-hybridized carbons (Fsp3) is 0.471. The zero-order valence-corrected chi connectivity index (χ0v) is 13.3. The lowest BCUT2D eigenvalue weighted by molar-refractivity contribution is -0.0225. The molecule has 2 heterocycles. The minimum atomic E-state index is -0.883. The number of fused-ring (bicyclic) bond motifs is 1. The molecule has 1 fully saturated rings. The van der Waals surface area contributed by atoms with Gasteiger partial charge >= 0.3 is 0 Å². The zero-order valence-electron chi connectivity index (χ0n) is 13.3. The Balaban J connectivity index is 2.14. The summed E-state index contributed by atoms with van der Waals surface area (Å²) < 4.78 is 10.7. The quantitative estimate of drug-likeness (QED) is 0.941. The van der Waals surface area contributed by atoms with Crippen LogP contribution in [-0.4, -0.2) is 49.3 Å². The van der Waals surface area contributed by atoms with E-state index in [1.54, 1.807) is 20.4 Å². The van der Waals surface area contributed by atoms with Crippen molar-refractivity contribution in [3.8, 4) is 11.5 Å². The minimum Gasteiger partial charge on any atom is -0.493 e. The van der Waals surface area contributed by atoms with Crippen LogP contribution in [0.4, 0.5) is 0 Å². The summed E-state index contributed by atoms with van der Waals surface area (Å²) in [6, 6.07) is 5.77. The lowest BCUT2D eigenvalue weighted by Gasteiger charge is -2.36. The van der Waals surface area contributed by atoms with Gasteiger partial charge in [-0.2, -0.15) is 0 Å². The van der Waals surface area contributed by atoms with Gasteiger partial charge in [0.15, 0.2) is 11.5 Å². The molecule has 0 radical (unpaired) electrons. The molecule has 0 aliphatic carbocycles. The van der Waals surface area contributed by atoms with Crippen LogP contribution in [0.15, 0.2) is 24.4 Å². The van der Waals surface area contributed by atoms with Crippen LogP contribution in [0.25, 0.3) is 10.8 Å². The summed E-state index contributed by atoms with van der Waals surface area (Å²) in [4.78, 5) is 6.72. The maximum absolute atomic E-state index is 11.1. The lowest BCUT2D eigenvalue weighted by Crippen LogP contribution is -2.41. The molecule has 5 heteroatoms. The van der Waals surface area contributed by atoms with Crippen LogP contribution >= 0.6 is 0 Å². The van der Waals surface area contributed by atoms with Gasteiger partial charge in [-0.25, -0.2) is 0 Å². The second-order valence-corrected chi connectivity index (χ2v) is 5.92. The third-order valence-corrected chi connectivity index (χ3v) is 4.52. The molecule has 0 unspecified atom stereocenters. The summed E-state index contributed by atoms with van der Waals surface area (Å²) in [5, 5.41) is 13.0. The number of ether oxygens (including phenoxy) is 2. The average Bonchev–Trinajstić information content (AvgIpc) is 2.55. The van der Waals surface area contributed by atoms with Crippen LogP contribution in [0, 0.1) is 0 Å². The Bertz CT molecular complexity index is 679. The number of nitrogens with zero attached hydrogens (tertiary/aromatic N) is 2. The van der Waals surface area contributed by atoms with Crippen LogP contribution in [0.2, 0.25) is 0 Å². The highest BCUT2D eigenvalue weighted by atomic mass is 16.5. The highest BCUT2D eigenvalue weighted by molar-refractivity contribution is 5.88. The molecular weight excluding hydrogens is 280 g/mol. The van der Waals surface area contributed by atoms with Gasteiger partial charge in [-0.3, -0.25) is 4.98 Å². The monoisotopic (exact) mass is 302 g/mol. The number of hydrogen-bond acceptors (Lipinski definition) is 5. The van der Waals surface area contributed by atoms with Crippen molar-refractivity contribution in [2.45, 2.75) is 18.4 Å². The van der Waals surface area contributed by atoms with Gasteiger partial charge in [0.2, 0.25) is 0 Å². The molecule has 1 aromatic heterocycles. The average molecular weight is 302 g/mol. The lowest BCUT2D eigenvalue weighted by atomic mass is 9.85. The van der Waals surface area contributed by atoms with E-state index in [2.05, 4.69) is 16.9 Å². The molecule has 0 bridgehead atoms. The molecule has 1 saturated heterocycles. The molecule has 118 valence electrons. The van der Waals surface area contributed by atoms with Crippen molar-refractivity contribution in [3.05, 3.63) is 30.1 Å². The summed E-state index contributed by atoms with van der Waals surface area (Å²) in [6.07, 6.45) is 3.12. The van der Waals surface area contributed by atoms with E-state index in [4.69, 9.17) is 9.47 Å². The molecule has 1 aromatic carbocycles. The van der Waals surface area contributed by atoms with Crippen molar-refractivity contribution in [1.29, 1.82) is 0 Å². The van der Waals surface area contributed by atoms with Gasteiger partial charge < -0.3 is 19.5 Å². The topological polar surface area (TPSA) is 54.8 Å². The van der Waals surface area contributed by atoms with Crippen molar-refractivity contribution >= 4 is 10.8 Å². The summed E-state index contributed by atoms with van der Waals surface area (Å²) in [6.45, 7) is 1.73. The molecule has 22 heavy (non-hydrogen) atoms. The van der Waals surface area contributed by atoms with Crippen molar-refractivity contribution in [1.82, 2.24) is 9.88 Å². The van der Waals surface area contributed by atoms with Gasteiger partial charge in [0.1, 0.15) is 5.60 Å². The van der Waals surface area contributed by atoms with Gasteiger partial charge in [0.25, 0.3) is 0 Å². The number of likely N-dealkylation sites (tertiary alicyclic amines) is 1. The first-order valence-corrected chi connectivity index (χ1v) is 7.49. The van der Waals surface area contributed by atoms with Crippen molar-refractivity contribution in [2.24, 2.45) is 0 Å². The number of aliphatic hydroxyl groups is 1. The van der Waals surface area contributed by atoms with Gasteiger partial charge in [-0.05, 0) is 43.5 Å². The zero-order chi connectivity index (χ0) is 15.7. The van der Waals surface area contributed by atoms with E-state index in [-0.39, 0.29) is 0 Å².